The summed E-state index contributed by atoms with van der Waals surface area (Å²) < 4.78 is 9.96. The second kappa shape index (κ2) is 8.63. The molecule has 0 saturated heterocycles. The fraction of sp³-hybridized carbons (Fsp3) is 0.500. The highest BCUT2D eigenvalue weighted by molar-refractivity contribution is 5.81. The third-order valence-electron chi connectivity index (χ3n) is 2.76. The van der Waals surface area contributed by atoms with Crippen LogP contribution in [0.1, 0.15) is 5.56 Å². The van der Waals surface area contributed by atoms with Gasteiger partial charge in [-0.3, -0.25) is 4.79 Å². The molecule has 1 aromatic rings. The Morgan fingerprint density at radius 1 is 1.26 bits per heavy atom. The molecule has 0 aromatic heterocycles. The lowest BCUT2D eigenvalue weighted by Gasteiger charge is -2.25. The Balaban J connectivity index is 2.68. The van der Waals surface area contributed by atoms with Gasteiger partial charge in [0, 0.05) is 27.3 Å². The molecule has 2 N–H and O–H groups in total. The van der Waals surface area contributed by atoms with Crippen molar-refractivity contribution in [2.75, 3.05) is 34.0 Å². The molecule has 1 aromatic carbocycles. The van der Waals surface area contributed by atoms with E-state index in [0.717, 1.165) is 5.56 Å². The van der Waals surface area contributed by atoms with Crippen molar-refractivity contribution in [2.45, 2.75) is 12.6 Å². The molecule has 0 radical (unpaired) electrons. The lowest BCUT2D eigenvalue weighted by atomic mass is 10.2. The summed E-state index contributed by atoms with van der Waals surface area (Å²) in [5, 5.41) is 0. The molecule has 1 atom stereocenters. The Labute approximate surface area is 114 Å². The van der Waals surface area contributed by atoms with Crippen LogP contribution in [0.4, 0.5) is 0 Å². The van der Waals surface area contributed by atoms with Gasteiger partial charge in [-0.1, -0.05) is 30.3 Å². The summed E-state index contributed by atoms with van der Waals surface area (Å²) in [7, 11) is 3.14. The molecule has 5 heteroatoms. The predicted octanol–water partition coefficient (Wildman–Crippen LogP) is 0.635. The number of hydrogen-bond acceptors (Lipinski definition) is 4. The van der Waals surface area contributed by atoms with Gasteiger partial charge < -0.3 is 20.1 Å². The Bertz CT molecular complexity index is 370. The minimum atomic E-state index is -0.634. The molecule has 19 heavy (non-hydrogen) atoms. The summed E-state index contributed by atoms with van der Waals surface area (Å²) >= 11 is 0. The number of nitrogens with zero attached hydrogens (tertiary/aromatic N) is 1. The van der Waals surface area contributed by atoms with Crippen LogP contribution in [-0.4, -0.2) is 50.8 Å². The number of benzene rings is 1. The summed E-state index contributed by atoms with van der Waals surface area (Å²) in [5.74, 6) is -0.122. The second-order valence-electron chi connectivity index (χ2n) is 4.30. The molecule has 0 fully saturated rings. The first-order valence-corrected chi connectivity index (χ1v) is 6.25. The quantitative estimate of drug-likeness (QED) is 0.750. The minimum Gasteiger partial charge on any atom is -0.383 e. The maximum absolute atomic E-state index is 12.2. The van der Waals surface area contributed by atoms with E-state index in [1.54, 1.807) is 12.0 Å². The highest BCUT2D eigenvalue weighted by atomic mass is 16.5. The zero-order valence-corrected chi connectivity index (χ0v) is 11.5. The molecule has 0 spiro atoms. The smallest absolute Gasteiger partial charge is 0.242 e. The minimum absolute atomic E-state index is 0.122. The molecule has 1 unspecified atom stereocenters. The fourth-order valence-electron chi connectivity index (χ4n) is 1.76. The highest BCUT2D eigenvalue weighted by Gasteiger charge is 2.20. The standard InChI is InChI=1S/C14H22N2O3/c1-18-9-8-16(14(17)13(15)11-19-2)10-12-6-4-3-5-7-12/h3-7,13H,8-11,15H2,1-2H3. The Hall–Kier alpha value is -1.43. The predicted molar refractivity (Wildman–Crippen MR) is 73.6 cm³/mol. The largest absolute Gasteiger partial charge is 0.383 e. The Morgan fingerprint density at radius 2 is 1.95 bits per heavy atom. The molecule has 0 aliphatic rings. The van der Waals surface area contributed by atoms with Crippen molar-refractivity contribution >= 4 is 5.91 Å². The van der Waals surface area contributed by atoms with Gasteiger partial charge >= 0.3 is 0 Å². The van der Waals surface area contributed by atoms with Crippen LogP contribution in [0, 0.1) is 0 Å². The molecule has 1 amide bonds. The van der Waals surface area contributed by atoms with Crippen LogP contribution in [0.2, 0.25) is 0 Å². The highest BCUT2D eigenvalue weighted by Crippen LogP contribution is 2.06. The van der Waals surface area contributed by atoms with Gasteiger partial charge in [0.2, 0.25) is 5.91 Å². The fourth-order valence-corrected chi connectivity index (χ4v) is 1.76. The van der Waals surface area contributed by atoms with Gasteiger partial charge in [0.25, 0.3) is 0 Å². The van der Waals surface area contributed by atoms with E-state index < -0.39 is 6.04 Å². The number of amides is 1. The molecule has 1 rings (SSSR count). The van der Waals surface area contributed by atoms with Crippen LogP contribution in [0.15, 0.2) is 30.3 Å². The maximum Gasteiger partial charge on any atom is 0.242 e. The van der Waals surface area contributed by atoms with E-state index in [1.165, 1.54) is 7.11 Å². The van der Waals surface area contributed by atoms with Gasteiger partial charge in [0.1, 0.15) is 6.04 Å². The maximum atomic E-state index is 12.2. The molecule has 0 aliphatic carbocycles. The van der Waals surface area contributed by atoms with E-state index in [-0.39, 0.29) is 12.5 Å². The lowest BCUT2D eigenvalue weighted by Crippen LogP contribution is -2.46. The van der Waals surface area contributed by atoms with Crippen LogP contribution >= 0.6 is 0 Å². The van der Waals surface area contributed by atoms with Gasteiger partial charge in [0.05, 0.1) is 13.2 Å². The summed E-state index contributed by atoms with van der Waals surface area (Å²) in [6.07, 6.45) is 0. The topological polar surface area (TPSA) is 64.8 Å². The van der Waals surface area contributed by atoms with E-state index in [9.17, 15) is 4.79 Å². The summed E-state index contributed by atoms with van der Waals surface area (Å²) in [6, 6.07) is 9.17. The number of rotatable bonds is 8. The summed E-state index contributed by atoms with van der Waals surface area (Å²) in [5.41, 5.74) is 6.86. The van der Waals surface area contributed by atoms with Crippen molar-refractivity contribution in [2.24, 2.45) is 5.73 Å². The molecule has 0 saturated carbocycles. The van der Waals surface area contributed by atoms with Gasteiger partial charge in [0.15, 0.2) is 0 Å². The summed E-state index contributed by atoms with van der Waals surface area (Å²) in [4.78, 5) is 13.9. The first kappa shape index (κ1) is 15.6. The second-order valence-corrected chi connectivity index (χ2v) is 4.30. The van der Waals surface area contributed by atoms with Crippen molar-refractivity contribution in [3.05, 3.63) is 35.9 Å². The van der Waals surface area contributed by atoms with Crippen LogP contribution in [0.25, 0.3) is 0 Å². The number of carbonyl (C=O) groups is 1. The van der Waals surface area contributed by atoms with Gasteiger partial charge in [-0.05, 0) is 5.56 Å². The average molecular weight is 266 g/mol. The first-order valence-electron chi connectivity index (χ1n) is 6.25. The first-order chi connectivity index (χ1) is 9.19. The van der Waals surface area contributed by atoms with Gasteiger partial charge in [-0.25, -0.2) is 0 Å². The molecule has 5 nitrogen and oxygen atoms in total. The van der Waals surface area contributed by atoms with Crippen molar-refractivity contribution < 1.29 is 14.3 Å². The van der Waals surface area contributed by atoms with E-state index in [2.05, 4.69) is 0 Å². The van der Waals surface area contributed by atoms with E-state index >= 15 is 0 Å². The molecule has 106 valence electrons. The number of nitrogens with two attached hydrogens (primary N) is 1. The Kier molecular flexibility index (Phi) is 7.10. The van der Waals surface area contributed by atoms with Crippen molar-refractivity contribution in [3.8, 4) is 0 Å². The van der Waals surface area contributed by atoms with E-state index in [1.807, 2.05) is 30.3 Å². The molecular weight excluding hydrogens is 244 g/mol. The average Bonchev–Trinajstić information content (AvgIpc) is 2.44. The molecule has 0 heterocycles. The number of hydrogen-bond donors (Lipinski definition) is 1. The molecule has 0 bridgehead atoms. The van der Waals surface area contributed by atoms with Gasteiger partial charge in [-0.2, -0.15) is 0 Å². The number of ether oxygens (including phenoxy) is 2. The normalized spacial score (nSPS) is 12.2. The zero-order chi connectivity index (χ0) is 14.1. The SMILES string of the molecule is COCCN(Cc1ccccc1)C(=O)C(N)COC. The van der Waals surface area contributed by atoms with Crippen LogP contribution in [0.5, 0.6) is 0 Å². The van der Waals surface area contributed by atoms with Gasteiger partial charge in [-0.15, -0.1) is 0 Å². The van der Waals surface area contributed by atoms with Crippen LogP contribution in [0.3, 0.4) is 0 Å². The molecular formula is C14H22N2O3. The number of methoxy groups -OCH3 is 2. The van der Waals surface area contributed by atoms with E-state index in [4.69, 9.17) is 15.2 Å². The molecule has 0 aliphatic heterocycles. The van der Waals surface area contributed by atoms with Crippen molar-refractivity contribution in [3.63, 3.8) is 0 Å². The van der Waals surface area contributed by atoms with Crippen molar-refractivity contribution in [1.82, 2.24) is 4.90 Å². The van der Waals surface area contributed by atoms with Crippen molar-refractivity contribution in [1.29, 1.82) is 0 Å². The Morgan fingerprint density at radius 3 is 2.53 bits per heavy atom. The van der Waals surface area contributed by atoms with E-state index in [0.29, 0.717) is 19.7 Å². The third-order valence-corrected chi connectivity index (χ3v) is 2.76. The van der Waals surface area contributed by atoms with Crippen LogP contribution < -0.4 is 5.73 Å². The zero-order valence-electron chi connectivity index (χ0n) is 11.5. The third kappa shape index (κ3) is 5.38. The van der Waals surface area contributed by atoms with Crippen LogP contribution in [-0.2, 0) is 20.8 Å². The number of carbonyl (C=O) groups excluding carboxylic acids is 1. The monoisotopic (exact) mass is 266 g/mol. The lowest BCUT2D eigenvalue weighted by molar-refractivity contribution is -0.135. The summed E-state index contributed by atoms with van der Waals surface area (Å²) in [6.45, 7) is 1.75.